The van der Waals surface area contributed by atoms with Gasteiger partial charge in [-0.15, -0.1) is 0 Å². The van der Waals surface area contributed by atoms with Gasteiger partial charge in [-0.3, -0.25) is 4.79 Å². The number of likely N-dealkylation sites (tertiary alicyclic amines) is 1. The number of rotatable bonds is 1. The lowest BCUT2D eigenvalue weighted by atomic mass is 9.44. The van der Waals surface area contributed by atoms with Crippen molar-refractivity contribution in [3.8, 4) is 23.0 Å². The Kier molecular flexibility index (Phi) is 3.20. The summed E-state index contributed by atoms with van der Waals surface area (Å²) >= 11 is 0. The van der Waals surface area contributed by atoms with Gasteiger partial charge in [0.05, 0.1) is 13.0 Å². The molecule has 30 heavy (non-hydrogen) atoms. The number of aromatic hydroxyl groups is 3. The molecular formula is C24H23NO5. The molecule has 1 fully saturated rings. The maximum absolute atomic E-state index is 13.4. The summed E-state index contributed by atoms with van der Waals surface area (Å²) in [5, 5.41) is 33.2. The van der Waals surface area contributed by atoms with E-state index in [4.69, 9.17) is 4.74 Å². The fraction of sp³-hybridized carbons (Fsp3) is 0.375. The van der Waals surface area contributed by atoms with E-state index in [2.05, 4.69) is 11.9 Å². The average molecular weight is 405 g/mol. The Labute approximate surface area is 174 Å². The molecule has 4 atom stereocenters. The minimum Gasteiger partial charge on any atom is -0.508 e. The third-order valence-electron chi connectivity index (χ3n) is 8.15. The molecule has 0 aromatic heterocycles. The average Bonchev–Trinajstić information content (AvgIpc) is 2.94. The van der Waals surface area contributed by atoms with Crippen molar-refractivity contribution in [2.75, 3.05) is 20.7 Å². The highest BCUT2D eigenvalue weighted by Crippen LogP contribution is 2.74. The minimum atomic E-state index is -0.791. The number of phenols is 3. The van der Waals surface area contributed by atoms with Gasteiger partial charge in [-0.1, -0.05) is 12.1 Å². The lowest BCUT2D eigenvalue weighted by molar-refractivity contribution is -0.120. The van der Waals surface area contributed by atoms with Crippen LogP contribution in [0.15, 0.2) is 36.4 Å². The number of hydrogen-bond donors (Lipinski definition) is 3. The van der Waals surface area contributed by atoms with E-state index in [0.717, 1.165) is 17.7 Å². The van der Waals surface area contributed by atoms with Crippen LogP contribution in [0.5, 0.6) is 23.0 Å². The molecular weight excluding hydrogens is 382 g/mol. The lowest BCUT2D eigenvalue weighted by Crippen LogP contribution is -2.68. The molecule has 0 amide bonds. The Balaban J connectivity index is 1.83. The molecule has 6 heteroatoms. The second-order valence-corrected chi connectivity index (χ2v) is 9.00. The van der Waals surface area contributed by atoms with Crippen molar-refractivity contribution in [3.63, 3.8) is 0 Å². The molecule has 3 aliphatic carbocycles. The summed E-state index contributed by atoms with van der Waals surface area (Å²) in [5.41, 5.74) is 1.32. The van der Waals surface area contributed by atoms with Crippen LogP contribution in [0, 0.1) is 0 Å². The Morgan fingerprint density at radius 2 is 1.87 bits per heavy atom. The number of methoxy groups -OCH3 is 1. The van der Waals surface area contributed by atoms with Crippen LogP contribution >= 0.6 is 0 Å². The molecule has 3 N–H and O–H groups in total. The van der Waals surface area contributed by atoms with Crippen molar-refractivity contribution < 1.29 is 24.9 Å². The number of hydrogen-bond acceptors (Lipinski definition) is 6. The predicted molar refractivity (Wildman–Crippen MR) is 109 cm³/mol. The number of carbonyl (C=O) groups excluding carboxylic acids is 1. The van der Waals surface area contributed by atoms with Crippen LogP contribution in [0.3, 0.4) is 0 Å². The van der Waals surface area contributed by atoms with Crippen LogP contribution < -0.4 is 4.74 Å². The number of fused-ring (bicyclic) bond motifs is 3. The summed E-state index contributed by atoms with van der Waals surface area (Å²) < 4.78 is 5.42. The van der Waals surface area contributed by atoms with Crippen LogP contribution in [0.4, 0.5) is 0 Å². The Morgan fingerprint density at radius 1 is 1.10 bits per heavy atom. The van der Waals surface area contributed by atoms with Crippen molar-refractivity contribution in [3.05, 3.63) is 58.7 Å². The zero-order valence-electron chi connectivity index (χ0n) is 16.8. The van der Waals surface area contributed by atoms with Gasteiger partial charge in [-0.05, 0) is 56.3 Å². The normalized spacial score (nSPS) is 33.1. The van der Waals surface area contributed by atoms with E-state index in [0.29, 0.717) is 29.7 Å². The first-order valence-electron chi connectivity index (χ1n) is 10.3. The first-order valence-corrected chi connectivity index (χ1v) is 10.3. The van der Waals surface area contributed by atoms with Gasteiger partial charge in [0.15, 0.2) is 17.3 Å². The Hall–Kier alpha value is -2.99. The number of likely N-dealkylation sites (N-methyl/N-ethyl adjacent to an activating group) is 1. The fourth-order valence-electron chi connectivity index (χ4n) is 7.19. The minimum absolute atomic E-state index is 0.0187. The third-order valence-corrected chi connectivity index (χ3v) is 8.15. The van der Waals surface area contributed by atoms with E-state index in [1.165, 1.54) is 19.2 Å². The maximum Gasteiger partial charge on any atom is 0.163 e. The Bertz CT molecular complexity index is 1170. The summed E-state index contributed by atoms with van der Waals surface area (Å²) in [7, 11) is 3.58. The highest BCUT2D eigenvalue weighted by molar-refractivity contribution is 6.03. The molecule has 0 saturated carbocycles. The largest absolute Gasteiger partial charge is 0.508 e. The number of ketones is 1. The molecule has 0 unspecified atom stereocenters. The molecule has 0 spiro atoms. The summed E-state index contributed by atoms with van der Waals surface area (Å²) in [6, 6.07) is 6.69. The van der Waals surface area contributed by atoms with Crippen LogP contribution in [-0.2, 0) is 22.0 Å². The number of phenolic OH excluding ortho intramolecular Hbond substituents is 3. The van der Waals surface area contributed by atoms with Gasteiger partial charge in [-0.2, -0.15) is 0 Å². The maximum atomic E-state index is 13.4. The zero-order chi connectivity index (χ0) is 21.0. The number of allylic oxidation sites excluding steroid dienone is 1. The zero-order valence-corrected chi connectivity index (χ0v) is 16.8. The van der Waals surface area contributed by atoms with Crippen molar-refractivity contribution in [1.29, 1.82) is 0 Å². The summed E-state index contributed by atoms with van der Waals surface area (Å²) in [6.07, 6.45) is 4.81. The summed E-state index contributed by atoms with van der Waals surface area (Å²) in [4.78, 5) is 15.7. The number of nitrogens with zero attached hydrogens (tertiary/aromatic N) is 1. The van der Waals surface area contributed by atoms with E-state index in [9.17, 15) is 20.1 Å². The molecule has 1 heterocycles. The van der Waals surface area contributed by atoms with Crippen LogP contribution in [0.25, 0.3) is 0 Å². The van der Waals surface area contributed by atoms with E-state index in [1.54, 1.807) is 12.1 Å². The molecule has 4 aliphatic rings. The molecule has 6 nitrogen and oxygen atoms in total. The Morgan fingerprint density at radius 3 is 2.63 bits per heavy atom. The summed E-state index contributed by atoms with van der Waals surface area (Å²) in [5.74, 6) is -0.247. The summed E-state index contributed by atoms with van der Waals surface area (Å²) in [6.45, 7) is 0.746. The highest BCUT2D eigenvalue weighted by atomic mass is 16.5. The lowest BCUT2D eigenvalue weighted by Gasteiger charge is -2.62. The quantitative estimate of drug-likeness (QED) is 0.632. The monoisotopic (exact) mass is 405 g/mol. The van der Waals surface area contributed by atoms with Crippen molar-refractivity contribution in [2.24, 2.45) is 0 Å². The van der Waals surface area contributed by atoms with Crippen LogP contribution in [0.2, 0.25) is 0 Å². The van der Waals surface area contributed by atoms with Crippen molar-refractivity contribution >= 4 is 5.78 Å². The van der Waals surface area contributed by atoms with E-state index in [1.807, 2.05) is 12.1 Å². The van der Waals surface area contributed by atoms with Gasteiger partial charge in [0, 0.05) is 33.6 Å². The molecule has 1 saturated heterocycles. The predicted octanol–water partition coefficient (Wildman–Crippen LogP) is 2.48. The number of benzene rings is 2. The number of piperidine rings is 1. The smallest absolute Gasteiger partial charge is 0.163 e. The molecule has 2 aromatic rings. The van der Waals surface area contributed by atoms with E-state index >= 15 is 0 Å². The fourth-order valence-corrected chi connectivity index (χ4v) is 7.19. The van der Waals surface area contributed by atoms with E-state index < -0.39 is 16.7 Å². The number of carbonyl (C=O) groups is 1. The SMILES string of the molecule is COc1ccc2c(c1O)[C@]13CCN(C)[C@H](C2)[C@@]12C=CC(=O)[C@@H]3c1c(O)ccc(O)c12. The third kappa shape index (κ3) is 1.63. The van der Waals surface area contributed by atoms with Crippen LogP contribution in [-0.4, -0.2) is 52.7 Å². The molecule has 154 valence electrons. The van der Waals surface area contributed by atoms with E-state index in [-0.39, 0.29) is 29.1 Å². The first-order chi connectivity index (χ1) is 14.4. The second-order valence-electron chi connectivity index (χ2n) is 9.00. The van der Waals surface area contributed by atoms with Crippen LogP contribution in [0.1, 0.15) is 34.6 Å². The highest BCUT2D eigenvalue weighted by Gasteiger charge is 2.74. The number of ether oxygens (including phenoxy) is 1. The first kappa shape index (κ1) is 17.8. The topological polar surface area (TPSA) is 90.2 Å². The van der Waals surface area contributed by atoms with Gasteiger partial charge in [-0.25, -0.2) is 0 Å². The van der Waals surface area contributed by atoms with Gasteiger partial charge >= 0.3 is 0 Å². The molecule has 6 rings (SSSR count). The standard InChI is InChI=1S/C24H23NO5/c1-25-10-9-24-19-12(3-6-16(30-2)22(19)29)11-17(25)23(24)8-7-15(28)21(24)18-13(26)4-5-14(27)20(18)23/h3-8,17,21,26-27,29H,9-11H2,1-2H3/t17-,21-,23-,24+/m1/s1. The van der Waals surface area contributed by atoms with Gasteiger partial charge in [0.2, 0.25) is 0 Å². The van der Waals surface area contributed by atoms with Gasteiger partial charge in [0.1, 0.15) is 11.5 Å². The molecule has 2 aromatic carbocycles. The van der Waals surface area contributed by atoms with Gasteiger partial charge < -0.3 is 25.0 Å². The van der Waals surface area contributed by atoms with Crippen molar-refractivity contribution in [1.82, 2.24) is 4.90 Å². The second kappa shape index (κ2) is 5.38. The molecule has 1 aliphatic heterocycles. The molecule has 4 bridgehead atoms. The molecule has 0 radical (unpaired) electrons. The van der Waals surface area contributed by atoms with Gasteiger partial charge in [0.25, 0.3) is 0 Å². The van der Waals surface area contributed by atoms with Crippen molar-refractivity contribution in [2.45, 2.75) is 35.6 Å².